The van der Waals surface area contributed by atoms with Gasteiger partial charge in [-0.25, -0.2) is 4.39 Å². The molecule has 0 saturated heterocycles. The summed E-state index contributed by atoms with van der Waals surface area (Å²) >= 11 is 0. The molecular weight excluding hydrogens is 209 g/mol. The SMILES string of the molecule is CC(CO)C(C)NCc1ccc(O)c(F)c1. The maximum Gasteiger partial charge on any atom is 0.165 e. The minimum absolute atomic E-state index is 0.123. The van der Waals surface area contributed by atoms with Crippen molar-refractivity contribution in [1.29, 1.82) is 0 Å². The molecule has 0 spiro atoms. The third kappa shape index (κ3) is 3.47. The molecule has 2 atom stereocenters. The topological polar surface area (TPSA) is 52.5 Å². The maximum atomic E-state index is 13.0. The Bertz CT molecular complexity index is 344. The second kappa shape index (κ2) is 5.82. The van der Waals surface area contributed by atoms with E-state index in [1.165, 1.54) is 12.1 Å². The maximum absolute atomic E-state index is 13.0. The van der Waals surface area contributed by atoms with Gasteiger partial charge in [-0.2, -0.15) is 0 Å². The van der Waals surface area contributed by atoms with Crippen LogP contribution in [-0.2, 0) is 6.54 Å². The van der Waals surface area contributed by atoms with Gasteiger partial charge in [0, 0.05) is 19.2 Å². The Balaban J connectivity index is 2.51. The first-order valence-electron chi connectivity index (χ1n) is 5.36. The highest BCUT2D eigenvalue weighted by molar-refractivity contribution is 5.27. The van der Waals surface area contributed by atoms with Gasteiger partial charge in [0.05, 0.1) is 0 Å². The molecule has 3 nitrogen and oxygen atoms in total. The summed E-state index contributed by atoms with van der Waals surface area (Å²) in [5.41, 5.74) is 0.771. The molecule has 3 N–H and O–H groups in total. The number of aliphatic hydroxyl groups excluding tert-OH is 1. The van der Waals surface area contributed by atoms with Crippen LogP contribution in [0.3, 0.4) is 0 Å². The van der Waals surface area contributed by atoms with Gasteiger partial charge in [-0.3, -0.25) is 0 Å². The molecule has 0 bridgehead atoms. The first kappa shape index (κ1) is 12.9. The number of aliphatic hydroxyl groups is 1. The van der Waals surface area contributed by atoms with Gasteiger partial charge in [0.2, 0.25) is 0 Å². The van der Waals surface area contributed by atoms with E-state index in [1.807, 2.05) is 13.8 Å². The van der Waals surface area contributed by atoms with Crippen LogP contribution in [0.2, 0.25) is 0 Å². The highest BCUT2D eigenvalue weighted by atomic mass is 19.1. The van der Waals surface area contributed by atoms with E-state index >= 15 is 0 Å². The summed E-state index contributed by atoms with van der Waals surface area (Å²) in [7, 11) is 0. The Labute approximate surface area is 94.9 Å². The quantitative estimate of drug-likeness (QED) is 0.716. The third-order valence-electron chi connectivity index (χ3n) is 2.78. The minimum Gasteiger partial charge on any atom is -0.505 e. The lowest BCUT2D eigenvalue weighted by molar-refractivity contribution is 0.207. The van der Waals surface area contributed by atoms with Crippen LogP contribution in [0.5, 0.6) is 5.75 Å². The van der Waals surface area contributed by atoms with Gasteiger partial charge in [0.15, 0.2) is 11.6 Å². The molecule has 1 aromatic carbocycles. The smallest absolute Gasteiger partial charge is 0.165 e. The van der Waals surface area contributed by atoms with Crippen molar-refractivity contribution in [2.75, 3.05) is 6.61 Å². The minimum atomic E-state index is -0.609. The van der Waals surface area contributed by atoms with E-state index in [1.54, 1.807) is 6.07 Å². The molecule has 0 heterocycles. The van der Waals surface area contributed by atoms with Gasteiger partial charge in [0.1, 0.15) is 0 Å². The lowest BCUT2D eigenvalue weighted by Gasteiger charge is -2.19. The Morgan fingerprint density at radius 3 is 2.62 bits per heavy atom. The second-order valence-corrected chi connectivity index (χ2v) is 4.12. The zero-order valence-electron chi connectivity index (χ0n) is 9.57. The monoisotopic (exact) mass is 227 g/mol. The number of hydrogen-bond acceptors (Lipinski definition) is 3. The largest absolute Gasteiger partial charge is 0.505 e. The second-order valence-electron chi connectivity index (χ2n) is 4.12. The van der Waals surface area contributed by atoms with Crippen molar-refractivity contribution < 1.29 is 14.6 Å². The van der Waals surface area contributed by atoms with Crippen LogP contribution in [-0.4, -0.2) is 22.9 Å². The Morgan fingerprint density at radius 2 is 2.06 bits per heavy atom. The van der Waals surface area contributed by atoms with Gasteiger partial charge in [0.25, 0.3) is 0 Å². The first-order valence-corrected chi connectivity index (χ1v) is 5.36. The lowest BCUT2D eigenvalue weighted by atomic mass is 10.0. The predicted molar refractivity (Wildman–Crippen MR) is 60.6 cm³/mol. The molecule has 0 aliphatic heterocycles. The van der Waals surface area contributed by atoms with Crippen molar-refractivity contribution in [3.63, 3.8) is 0 Å². The molecule has 16 heavy (non-hydrogen) atoms. The summed E-state index contributed by atoms with van der Waals surface area (Å²) in [6.07, 6.45) is 0. The van der Waals surface area contributed by atoms with Crippen molar-refractivity contribution >= 4 is 0 Å². The average Bonchev–Trinajstić information content (AvgIpc) is 2.29. The van der Waals surface area contributed by atoms with Crippen molar-refractivity contribution in [3.8, 4) is 5.75 Å². The Morgan fingerprint density at radius 1 is 1.38 bits per heavy atom. The van der Waals surface area contributed by atoms with Crippen LogP contribution in [0.15, 0.2) is 18.2 Å². The molecule has 0 fully saturated rings. The molecule has 0 amide bonds. The number of nitrogens with one attached hydrogen (secondary N) is 1. The molecule has 0 aliphatic rings. The summed E-state index contributed by atoms with van der Waals surface area (Å²) in [5, 5.41) is 21.2. The van der Waals surface area contributed by atoms with E-state index in [2.05, 4.69) is 5.32 Å². The summed E-state index contributed by atoms with van der Waals surface area (Å²) in [5.74, 6) is -0.787. The molecular formula is C12H18FNO2. The number of benzene rings is 1. The fraction of sp³-hybridized carbons (Fsp3) is 0.500. The van der Waals surface area contributed by atoms with Crippen LogP contribution in [0.4, 0.5) is 4.39 Å². The molecule has 90 valence electrons. The van der Waals surface area contributed by atoms with Crippen molar-refractivity contribution in [2.24, 2.45) is 5.92 Å². The summed E-state index contributed by atoms with van der Waals surface area (Å²) in [4.78, 5) is 0. The number of halogens is 1. The van der Waals surface area contributed by atoms with E-state index in [0.29, 0.717) is 6.54 Å². The predicted octanol–water partition coefficient (Wildman–Crippen LogP) is 1.64. The molecule has 0 radical (unpaired) electrons. The fourth-order valence-corrected chi connectivity index (χ4v) is 1.30. The molecule has 0 aromatic heterocycles. The number of rotatable bonds is 5. The summed E-state index contributed by atoms with van der Waals surface area (Å²) in [6, 6.07) is 4.47. The Hall–Kier alpha value is -1.13. The first-order chi connectivity index (χ1) is 7.54. The van der Waals surface area contributed by atoms with Crippen LogP contribution in [0.1, 0.15) is 19.4 Å². The van der Waals surface area contributed by atoms with Crippen molar-refractivity contribution in [2.45, 2.75) is 26.4 Å². The summed E-state index contributed by atoms with van der Waals surface area (Å²) < 4.78 is 13.0. The van der Waals surface area contributed by atoms with E-state index in [4.69, 9.17) is 10.2 Å². The van der Waals surface area contributed by atoms with Gasteiger partial charge in [-0.1, -0.05) is 13.0 Å². The van der Waals surface area contributed by atoms with Crippen LogP contribution in [0.25, 0.3) is 0 Å². The van der Waals surface area contributed by atoms with Crippen molar-refractivity contribution in [1.82, 2.24) is 5.32 Å². The summed E-state index contributed by atoms with van der Waals surface area (Å²) in [6.45, 7) is 4.55. The van der Waals surface area contributed by atoms with Crippen molar-refractivity contribution in [3.05, 3.63) is 29.6 Å². The van der Waals surface area contributed by atoms with E-state index in [0.717, 1.165) is 5.56 Å². The van der Waals surface area contributed by atoms with Crippen LogP contribution < -0.4 is 5.32 Å². The van der Waals surface area contributed by atoms with Crippen LogP contribution >= 0.6 is 0 Å². The van der Waals surface area contributed by atoms with Gasteiger partial charge >= 0.3 is 0 Å². The van der Waals surface area contributed by atoms with E-state index in [9.17, 15) is 4.39 Å². The van der Waals surface area contributed by atoms with E-state index < -0.39 is 5.82 Å². The van der Waals surface area contributed by atoms with Gasteiger partial charge in [-0.05, 0) is 30.5 Å². The molecule has 2 unspecified atom stereocenters. The zero-order chi connectivity index (χ0) is 12.1. The Kier molecular flexibility index (Phi) is 4.71. The molecule has 1 aromatic rings. The average molecular weight is 227 g/mol. The number of aromatic hydroxyl groups is 1. The third-order valence-corrected chi connectivity index (χ3v) is 2.78. The molecule has 4 heteroatoms. The molecule has 0 aliphatic carbocycles. The highest BCUT2D eigenvalue weighted by Gasteiger charge is 2.10. The lowest BCUT2D eigenvalue weighted by Crippen LogP contribution is -2.33. The van der Waals surface area contributed by atoms with Crippen LogP contribution in [0, 0.1) is 11.7 Å². The molecule has 1 rings (SSSR count). The number of phenols is 1. The number of phenolic OH excluding ortho intramolecular Hbond substituents is 1. The highest BCUT2D eigenvalue weighted by Crippen LogP contribution is 2.16. The zero-order valence-corrected chi connectivity index (χ0v) is 9.57. The standard InChI is InChI=1S/C12H18FNO2/c1-8(7-15)9(2)14-6-10-3-4-12(16)11(13)5-10/h3-5,8-9,14-16H,6-7H2,1-2H3. The number of hydrogen-bond donors (Lipinski definition) is 3. The van der Waals surface area contributed by atoms with Gasteiger partial charge < -0.3 is 15.5 Å². The van der Waals surface area contributed by atoms with E-state index in [-0.39, 0.29) is 24.3 Å². The molecule has 0 saturated carbocycles. The fourth-order valence-electron chi connectivity index (χ4n) is 1.30. The van der Waals surface area contributed by atoms with Gasteiger partial charge in [-0.15, -0.1) is 0 Å². The normalized spacial score (nSPS) is 14.8.